The van der Waals surface area contributed by atoms with Gasteiger partial charge in [-0.15, -0.1) is 0 Å². The second-order valence-electron chi connectivity index (χ2n) is 5.11. The van der Waals surface area contributed by atoms with Crippen LogP contribution < -0.4 is 11.1 Å². The minimum atomic E-state index is 0.202. The van der Waals surface area contributed by atoms with Gasteiger partial charge in [0.1, 0.15) is 0 Å². The summed E-state index contributed by atoms with van der Waals surface area (Å²) in [5.41, 5.74) is 8.66. The van der Waals surface area contributed by atoms with E-state index in [1.54, 1.807) is 0 Å². The van der Waals surface area contributed by atoms with Gasteiger partial charge in [-0.2, -0.15) is 0 Å². The molecular weight excluding hydrogens is 212 g/mol. The fourth-order valence-corrected chi connectivity index (χ4v) is 2.02. The average Bonchev–Trinajstić information content (AvgIpc) is 2.30. The Morgan fingerprint density at radius 1 is 1.29 bits per heavy atom. The van der Waals surface area contributed by atoms with Crippen LogP contribution in [-0.2, 0) is 11.2 Å². The number of hydrogen-bond donors (Lipinski definition) is 2. The first-order chi connectivity index (χ1) is 8.24. The lowest BCUT2D eigenvalue weighted by Gasteiger charge is -2.40. The molecule has 94 valence electrons. The third kappa shape index (κ3) is 3.28. The van der Waals surface area contributed by atoms with Gasteiger partial charge in [-0.05, 0) is 25.5 Å². The molecule has 1 heterocycles. The third-order valence-corrected chi connectivity index (χ3v) is 3.46. The van der Waals surface area contributed by atoms with Crippen LogP contribution >= 0.6 is 0 Å². The molecule has 0 aliphatic carbocycles. The summed E-state index contributed by atoms with van der Waals surface area (Å²) in [6.45, 7) is 6.41. The molecule has 3 N–H and O–H groups in total. The van der Waals surface area contributed by atoms with Crippen molar-refractivity contribution in [1.82, 2.24) is 5.32 Å². The van der Waals surface area contributed by atoms with Gasteiger partial charge >= 0.3 is 0 Å². The van der Waals surface area contributed by atoms with Crippen molar-refractivity contribution in [2.75, 3.05) is 32.8 Å². The number of aryl methyl sites for hydroxylation is 1. The maximum Gasteiger partial charge on any atom is 0.0569 e. The highest BCUT2D eigenvalue weighted by molar-refractivity contribution is 5.21. The minimum Gasteiger partial charge on any atom is -0.380 e. The topological polar surface area (TPSA) is 47.3 Å². The molecule has 0 spiro atoms. The van der Waals surface area contributed by atoms with E-state index >= 15 is 0 Å². The Labute approximate surface area is 103 Å². The fourth-order valence-electron chi connectivity index (χ4n) is 2.02. The van der Waals surface area contributed by atoms with E-state index in [4.69, 9.17) is 10.5 Å². The van der Waals surface area contributed by atoms with Crippen LogP contribution in [0.25, 0.3) is 0 Å². The van der Waals surface area contributed by atoms with Crippen molar-refractivity contribution in [3.63, 3.8) is 0 Å². The lowest BCUT2D eigenvalue weighted by Crippen LogP contribution is -2.54. The number of nitrogens with two attached hydrogens (primary N) is 1. The first-order valence-electron chi connectivity index (χ1n) is 6.28. The highest BCUT2D eigenvalue weighted by atomic mass is 16.5. The highest BCUT2D eigenvalue weighted by Gasteiger charge is 2.36. The summed E-state index contributed by atoms with van der Waals surface area (Å²) in [6.07, 6.45) is 1.07. The number of ether oxygens (including phenoxy) is 1. The van der Waals surface area contributed by atoms with Gasteiger partial charge in [0.15, 0.2) is 0 Å². The SMILES string of the molecule is Cc1ccc(CCNCC2(CN)COC2)cc1. The highest BCUT2D eigenvalue weighted by Crippen LogP contribution is 2.24. The first kappa shape index (κ1) is 12.6. The summed E-state index contributed by atoms with van der Waals surface area (Å²) in [6, 6.07) is 8.72. The molecular formula is C14H22N2O. The Morgan fingerprint density at radius 2 is 2.00 bits per heavy atom. The number of nitrogens with one attached hydrogen (secondary N) is 1. The molecule has 1 aliphatic rings. The molecule has 0 saturated carbocycles. The van der Waals surface area contributed by atoms with E-state index in [0.29, 0.717) is 6.54 Å². The van der Waals surface area contributed by atoms with Crippen LogP contribution in [0.15, 0.2) is 24.3 Å². The van der Waals surface area contributed by atoms with Crippen LogP contribution in [0.5, 0.6) is 0 Å². The Kier molecular flexibility index (Phi) is 4.15. The van der Waals surface area contributed by atoms with E-state index in [1.165, 1.54) is 11.1 Å². The van der Waals surface area contributed by atoms with Gasteiger partial charge in [0.25, 0.3) is 0 Å². The van der Waals surface area contributed by atoms with Crippen LogP contribution in [0.1, 0.15) is 11.1 Å². The summed E-state index contributed by atoms with van der Waals surface area (Å²) in [4.78, 5) is 0. The molecule has 1 aromatic rings. The summed E-state index contributed by atoms with van der Waals surface area (Å²) >= 11 is 0. The third-order valence-electron chi connectivity index (χ3n) is 3.46. The molecule has 1 saturated heterocycles. The van der Waals surface area contributed by atoms with E-state index in [0.717, 1.165) is 32.7 Å². The van der Waals surface area contributed by atoms with Gasteiger partial charge in [-0.25, -0.2) is 0 Å². The second-order valence-corrected chi connectivity index (χ2v) is 5.11. The molecule has 17 heavy (non-hydrogen) atoms. The predicted molar refractivity (Wildman–Crippen MR) is 70.1 cm³/mol. The molecule has 1 aliphatic heterocycles. The maximum absolute atomic E-state index is 5.76. The zero-order valence-electron chi connectivity index (χ0n) is 10.5. The van der Waals surface area contributed by atoms with Gasteiger partial charge < -0.3 is 15.8 Å². The van der Waals surface area contributed by atoms with Crippen LogP contribution in [0.2, 0.25) is 0 Å². The molecule has 2 rings (SSSR count). The van der Waals surface area contributed by atoms with Crippen LogP contribution in [0.4, 0.5) is 0 Å². The Balaban J connectivity index is 1.67. The summed E-state index contributed by atoms with van der Waals surface area (Å²) < 4.78 is 5.24. The molecule has 1 aromatic carbocycles. The van der Waals surface area contributed by atoms with E-state index in [-0.39, 0.29) is 5.41 Å². The van der Waals surface area contributed by atoms with Gasteiger partial charge in [0, 0.05) is 18.5 Å². The van der Waals surface area contributed by atoms with Gasteiger partial charge in [-0.1, -0.05) is 29.8 Å². The molecule has 3 heteroatoms. The molecule has 3 nitrogen and oxygen atoms in total. The van der Waals surface area contributed by atoms with Gasteiger partial charge in [-0.3, -0.25) is 0 Å². The smallest absolute Gasteiger partial charge is 0.0569 e. The zero-order valence-corrected chi connectivity index (χ0v) is 10.5. The molecule has 0 bridgehead atoms. The summed E-state index contributed by atoms with van der Waals surface area (Å²) in [5, 5.41) is 3.48. The van der Waals surface area contributed by atoms with Crippen molar-refractivity contribution in [3.05, 3.63) is 35.4 Å². The lowest BCUT2D eigenvalue weighted by atomic mass is 9.86. The molecule has 1 fully saturated rings. The second kappa shape index (κ2) is 5.63. The van der Waals surface area contributed by atoms with E-state index in [1.807, 2.05) is 0 Å². The Bertz CT molecular complexity index is 338. The van der Waals surface area contributed by atoms with Crippen molar-refractivity contribution >= 4 is 0 Å². The van der Waals surface area contributed by atoms with Crippen molar-refractivity contribution in [2.45, 2.75) is 13.3 Å². The normalized spacial score (nSPS) is 17.8. The van der Waals surface area contributed by atoms with Crippen molar-refractivity contribution in [1.29, 1.82) is 0 Å². The van der Waals surface area contributed by atoms with E-state index < -0.39 is 0 Å². The standard InChI is InChI=1S/C14H22N2O/c1-12-2-4-13(5-3-12)6-7-16-9-14(8-15)10-17-11-14/h2-5,16H,6-11,15H2,1H3. The summed E-state index contributed by atoms with van der Waals surface area (Å²) in [5.74, 6) is 0. The van der Waals surface area contributed by atoms with E-state index in [9.17, 15) is 0 Å². The molecule has 0 atom stereocenters. The first-order valence-corrected chi connectivity index (χ1v) is 6.28. The molecule has 0 amide bonds. The Morgan fingerprint density at radius 3 is 2.53 bits per heavy atom. The Hall–Kier alpha value is -0.900. The lowest BCUT2D eigenvalue weighted by molar-refractivity contribution is -0.104. The molecule has 0 aromatic heterocycles. The number of benzene rings is 1. The summed E-state index contributed by atoms with van der Waals surface area (Å²) in [7, 11) is 0. The molecule has 0 unspecified atom stereocenters. The average molecular weight is 234 g/mol. The van der Waals surface area contributed by atoms with Gasteiger partial charge in [0.05, 0.1) is 13.2 Å². The zero-order chi connectivity index (χ0) is 12.1. The fraction of sp³-hybridized carbons (Fsp3) is 0.571. The van der Waals surface area contributed by atoms with Crippen molar-refractivity contribution in [3.8, 4) is 0 Å². The van der Waals surface area contributed by atoms with Crippen LogP contribution in [0, 0.1) is 12.3 Å². The van der Waals surface area contributed by atoms with Crippen LogP contribution in [-0.4, -0.2) is 32.8 Å². The number of rotatable bonds is 6. The monoisotopic (exact) mass is 234 g/mol. The van der Waals surface area contributed by atoms with Crippen molar-refractivity contribution in [2.24, 2.45) is 11.1 Å². The largest absolute Gasteiger partial charge is 0.380 e. The van der Waals surface area contributed by atoms with Crippen molar-refractivity contribution < 1.29 is 4.74 Å². The molecule has 0 radical (unpaired) electrons. The quantitative estimate of drug-likeness (QED) is 0.725. The maximum atomic E-state index is 5.76. The minimum absolute atomic E-state index is 0.202. The predicted octanol–water partition coefficient (Wildman–Crippen LogP) is 1.10. The van der Waals surface area contributed by atoms with Crippen LogP contribution in [0.3, 0.4) is 0 Å². The van der Waals surface area contributed by atoms with Gasteiger partial charge in [0.2, 0.25) is 0 Å². The number of hydrogen-bond acceptors (Lipinski definition) is 3. The van der Waals surface area contributed by atoms with E-state index in [2.05, 4.69) is 36.5 Å².